The van der Waals surface area contributed by atoms with Gasteiger partial charge in [-0.2, -0.15) is 0 Å². The summed E-state index contributed by atoms with van der Waals surface area (Å²) in [5, 5.41) is 3.39. The summed E-state index contributed by atoms with van der Waals surface area (Å²) in [6.45, 7) is 4.90. The van der Waals surface area contributed by atoms with Crippen LogP contribution in [-0.4, -0.2) is 40.3 Å². The van der Waals surface area contributed by atoms with Gasteiger partial charge in [-0.15, -0.1) is 0 Å². The number of rotatable bonds is 6. The van der Waals surface area contributed by atoms with Crippen molar-refractivity contribution in [3.63, 3.8) is 0 Å². The average molecular weight is 432 g/mol. The zero-order valence-electron chi connectivity index (χ0n) is 16.2. The molecule has 1 fully saturated rings. The number of halogens is 1. The lowest BCUT2D eigenvalue weighted by atomic mass is 10.2. The Morgan fingerprint density at radius 2 is 1.90 bits per heavy atom. The van der Waals surface area contributed by atoms with Crippen molar-refractivity contribution in [3.05, 3.63) is 53.6 Å². The highest BCUT2D eigenvalue weighted by atomic mass is 35.5. The summed E-state index contributed by atoms with van der Waals surface area (Å²) in [5.74, 6) is 0.407. The fourth-order valence-electron chi connectivity index (χ4n) is 2.80. The number of hydrogen-bond acceptors (Lipinski definition) is 5. The van der Waals surface area contributed by atoms with E-state index in [0.29, 0.717) is 34.7 Å². The van der Waals surface area contributed by atoms with Crippen molar-refractivity contribution in [2.24, 2.45) is 4.99 Å². The van der Waals surface area contributed by atoms with Gasteiger partial charge in [0, 0.05) is 23.7 Å². The molecule has 8 heteroatoms. The molecule has 0 saturated carbocycles. The van der Waals surface area contributed by atoms with Crippen LogP contribution in [0.3, 0.4) is 0 Å². The van der Waals surface area contributed by atoms with Gasteiger partial charge < -0.3 is 10.1 Å². The van der Waals surface area contributed by atoms with E-state index in [0.717, 1.165) is 5.75 Å². The molecule has 1 aliphatic rings. The summed E-state index contributed by atoms with van der Waals surface area (Å²) in [6.07, 6.45) is 0.125. The first-order valence-corrected chi connectivity index (χ1v) is 10.6. The first kappa shape index (κ1) is 21.2. The van der Waals surface area contributed by atoms with Crippen molar-refractivity contribution in [3.8, 4) is 5.75 Å². The fraction of sp³-hybridized carbons (Fsp3) is 0.286. The number of aliphatic imine (C=N–C) groups is 1. The van der Waals surface area contributed by atoms with Crippen molar-refractivity contribution in [2.45, 2.75) is 25.5 Å². The number of anilines is 1. The molecule has 0 spiro atoms. The third-order valence-electron chi connectivity index (χ3n) is 4.23. The predicted molar refractivity (Wildman–Crippen MR) is 118 cm³/mol. The van der Waals surface area contributed by atoms with Gasteiger partial charge in [0.1, 0.15) is 11.0 Å². The Balaban J connectivity index is 1.77. The van der Waals surface area contributed by atoms with Gasteiger partial charge in [-0.05, 0) is 62.4 Å². The Morgan fingerprint density at radius 3 is 2.52 bits per heavy atom. The van der Waals surface area contributed by atoms with E-state index in [1.54, 1.807) is 29.2 Å². The number of nitrogens with one attached hydrogen (secondary N) is 1. The van der Waals surface area contributed by atoms with Gasteiger partial charge in [0.2, 0.25) is 11.8 Å². The van der Waals surface area contributed by atoms with E-state index in [-0.39, 0.29) is 18.2 Å². The summed E-state index contributed by atoms with van der Waals surface area (Å²) >= 11 is 7.17. The lowest BCUT2D eigenvalue weighted by molar-refractivity contribution is -0.129. The van der Waals surface area contributed by atoms with Gasteiger partial charge in [0.25, 0.3) is 0 Å². The Bertz CT molecular complexity index is 900. The molecule has 1 N–H and O–H groups in total. The number of carbonyl (C=O) groups is 2. The quantitative estimate of drug-likeness (QED) is 0.718. The normalized spacial score (nSPS) is 18.0. The molecular weight excluding hydrogens is 410 g/mol. The molecule has 1 heterocycles. The molecule has 6 nitrogen and oxygen atoms in total. The summed E-state index contributed by atoms with van der Waals surface area (Å²) in [7, 11) is 0. The third kappa shape index (κ3) is 5.52. The van der Waals surface area contributed by atoms with Crippen LogP contribution < -0.4 is 10.1 Å². The van der Waals surface area contributed by atoms with E-state index in [2.05, 4.69) is 10.3 Å². The van der Waals surface area contributed by atoms with Crippen LogP contribution >= 0.6 is 23.4 Å². The van der Waals surface area contributed by atoms with Gasteiger partial charge in [-0.1, -0.05) is 23.4 Å². The predicted octanol–water partition coefficient (Wildman–Crippen LogP) is 4.72. The number of nitrogens with zero attached hydrogens (tertiary/aromatic N) is 2. The molecule has 3 rings (SSSR count). The Hall–Kier alpha value is -2.51. The molecule has 29 heavy (non-hydrogen) atoms. The van der Waals surface area contributed by atoms with Gasteiger partial charge in [-0.25, -0.2) is 4.99 Å². The highest BCUT2D eigenvalue weighted by Gasteiger charge is 2.35. The van der Waals surface area contributed by atoms with Crippen LogP contribution in [0.15, 0.2) is 53.5 Å². The number of amidine groups is 1. The minimum absolute atomic E-state index is 0.118. The van der Waals surface area contributed by atoms with Crippen LogP contribution in [0.1, 0.15) is 20.3 Å². The largest absolute Gasteiger partial charge is 0.494 e. The number of amides is 2. The lowest BCUT2D eigenvalue weighted by Gasteiger charge is -2.30. The highest BCUT2D eigenvalue weighted by Crippen LogP contribution is 2.30. The van der Waals surface area contributed by atoms with Gasteiger partial charge in [0.15, 0.2) is 5.17 Å². The van der Waals surface area contributed by atoms with E-state index < -0.39 is 5.25 Å². The molecule has 0 radical (unpaired) electrons. The van der Waals surface area contributed by atoms with Gasteiger partial charge in [0.05, 0.1) is 12.3 Å². The number of carbonyl (C=O) groups excluding carboxylic acids is 2. The minimum atomic E-state index is -0.553. The van der Waals surface area contributed by atoms with Crippen LogP contribution in [0.25, 0.3) is 0 Å². The molecule has 1 atom stereocenters. The Morgan fingerprint density at radius 1 is 1.21 bits per heavy atom. The maximum atomic E-state index is 12.7. The Labute approximate surface area is 179 Å². The fourth-order valence-corrected chi connectivity index (χ4v) is 4.09. The summed E-state index contributed by atoms with van der Waals surface area (Å²) in [5.41, 5.74) is 1.33. The second kappa shape index (κ2) is 9.80. The number of ether oxygens (including phenoxy) is 1. The SMILES string of the molecule is CCOc1ccc(N=C2SC(C(=O)Nc3ccc(Cl)cc3)CC(=O)N2CC)cc1. The molecule has 2 amide bonds. The molecule has 1 unspecified atom stereocenters. The second-order valence-corrected chi connectivity index (χ2v) is 7.87. The number of hydrogen-bond donors (Lipinski definition) is 1. The minimum Gasteiger partial charge on any atom is -0.494 e. The zero-order valence-corrected chi connectivity index (χ0v) is 17.8. The first-order chi connectivity index (χ1) is 14.0. The van der Waals surface area contributed by atoms with Crippen LogP contribution in [0.5, 0.6) is 5.75 Å². The van der Waals surface area contributed by atoms with Gasteiger partial charge >= 0.3 is 0 Å². The number of thioether (sulfide) groups is 1. The molecule has 1 saturated heterocycles. The average Bonchev–Trinajstić information content (AvgIpc) is 2.71. The molecule has 0 aliphatic carbocycles. The van der Waals surface area contributed by atoms with Crippen molar-refractivity contribution in [2.75, 3.05) is 18.5 Å². The van der Waals surface area contributed by atoms with E-state index >= 15 is 0 Å². The standard InChI is InChI=1S/C21H22ClN3O3S/c1-3-25-19(26)13-18(20(27)23-15-7-5-14(22)6-8-15)29-21(25)24-16-9-11-17(12-10-16)28-4-2/h5-12,18H,3-4,13H2,1-2H3,(H,23,27). The van der Waals surface area contributed by atoms with E-state index in [4.69, 9.17) is 16.3 Å². The van der Waals surface area contributed by atoms with Crippen molar-refractivity contribution >= 4 is 51.7 Å². The van der Waals surface area contributed by atoms with E-state index in [9.17, 15) is 9.59 Å². The van der Waals surface area contributed by atoms with Crippen LogP contribution in [0, 0.1) is 0 Å². The molecule has 0 aromatic heterocycles. The van der Waals surface area contributed by atoms with Crippen LogP contribution in [0.4, 0.5) is 11.4 Å². The molecule has 0 bridgehead atoms. The maximum absolute atomic E-state index is 12.7. The molecule has 2 aromatic carbocycles. The van der Waals surface area contributed by atoms with Gasteiger partial charge in [-0.3, -0.25) is 14.5 Å². The molecular formula is C21H22ClN3O3S. The van der Waals surface area contributed by atoms with E-state index in [1.165, 1.54) is 11.8 Å². The second-order valence-electron chi connectivity index (χ2n) is 6.27. The molecule has 152 valence electrons. The summed E-state index contributed by atoms with van der Waals surface area (Å²) in [6, 6.07) is 14.2. The monoisotopic (exact) mass is 431 g/mol. The van der Waals surface area contributed by atoms with Crippen molar-refractivity contribution in [1.29, 1.82) is 0 Å². The highest BCUT2D eigenvalue weighted by molar-refractivity contribution is 8.15. The number of benzene rings is 2. The summed E-state index contributed by atoms with van der Waals surface area (Å²) < 4.78 is 5.44. The Kier molecular flexibility index (Phi) is 7.17. The van der Waals surface area contributed by atoms with Crippen LogP contribution in [-0.2, 0) is 9.59 Å². The maximum Gasteiger partial charge on any atom is 0.238 e. The van der Waals surface area contributed by atoms with Crippen molar-refractivity contribution in [1.82, 2.24) is 4.90 Å². The van der Waals surface area contributed by atoms with Crippen LogP contribution in [0.2, 0.25) is 5.02 Å². The zero-order chi connectivity index (χ0) is 20.8. The van der Waals surface area contributed by atoms with E-state index in [1.807, 2.05) is 38.1 Å². The molecule has 2 aromatic rings. The summed E-state index contributed by atoms with van der Waals surface area (Å²) in [4.78, 5) is 31.5. The topological polar surface area (TPSA) is 71.0 Å². The lowest BCUT2D eigenvalue weighted by Crippen LogP contribution is -2.45. The smallest absolute Gasteiger partial charge is 0.238 e. The third-order valence-corrected chi connectivity index (χ3v) is 5.67. The first-order valence-electron chi connectivity index (χ1n) is 9.35. The molecule has 1 aliphatic heterocycles. The van der Waals surface area contributed by atoms with Crippen molar-refractivity contribution < 1.29 is 14.3 Å².